The first-order valence-electron chi connectivity index (χ1n) is 15.0. The summed E-state index contributed by atoms with van der Waals surface area (Å²) in [6.45, 7) is 8.18. The van der Waals surface area contributed by atoms with Gasteiger partial charge in [-0.25, -0.2) is 41.7 Å². The lowest BCUT2D eigenvalue weighted by atomic mass is 9.91. The molecule has 0 atom stereocenters. The van der Waals surface area contributed by atoms with E-state index in [1.54, 1.807) is 36.4 Å². The Labute approximate surface area is 275 Å². The highest BCUT2D eigenvalue weighted by molar-refractivity contribution is 6.25. The van der Waals surface area contributed by atoms with Gasteiger partial charge in [0.15, 0.2) is 29.0 Å². The largest absolute Gasteiger partial charge is 0.247 e. The van der Waals surface area contributed by atoms with Crippen LogP contribution in [0.1, 0.15) is 0 Å². The van der Waals surface area contributed by atoms with Crippen LogP contribution in [0.2, 0.25) is 0 Å². The summed E-state index contributed by atoms with van der Waals surface area (Å²) < 4.78 is 74.0. The zero-order valence-electron chi connectivity index (χ0n) is 25.1. The lowest BCUT2D eigenvalue weighted by Gasteiger charge is -2.18. The van der Waals surface area contributed by atoms with Crippen LogP contribution in [0, 0.1) is 35.7 Å². The molecule has 0 saturated heterocycles. The van der Waals surface area contributed by atoms with E-state index in [9.17, 15) is 13.2 Å². The number of rotatable bonds is 4. The van der Waals surface area contributed by atoms with Crippen molar-refractivity contribution >= 4 is 38.4 Å². The molecule has 0 aliphatic rings. The summed E-state index contributed by atoms with van der Waals surface area (Å²) in [4.78, 5) is 19.0. The fourth-order valence-electron chi connectivity index (χ4n) is 6.27. The fraction of sp³-hybridized carbons (Fsp3) is 0. The lowest BCUT2D eigenvalue weighted by molar-refractivity contribution is 0.381. The second-order valence-electron chi connectivity index (χ2n) is 11.2. The molecule has 0 fully saturated rings. The fourth-order valence-corrected chi connectivity index (χ4v) is 6.27. The van der Waals surface area contributed by atoms with Crippen LogP contribution in [0.15, 0.2) is 115 Å². The van der Waals surface area contributed by atoms with Crippen molar-refractivity contribution in [3.63, 3.8) is 0 Å². The molecule has 0 saturated carbocycles. The van der Waals surface area contributed by atoms with Crippen LogP contribution in [0.25, 0.3) is 82.5 Å². The van der Waals surface area contributed by atoms with Gasteiger partial charge in [-0.15, -0.1) is 0 Å². The molecule has 0 amide bonds. The molecule has 0 bridgehead atoms. The highest BCUT2D eigenvalue weighted by Crippen LogP contribution is 2.46. The van der Waals surface area contributed by atoms with Crippen molar-refractivity contribution < 1.29 is 22.0 Å². The maximum atomic E-state index is 15.4. The minimum absolute atomic E-state index is 0.0695. The maximum Gasteiger partial charge on any atom is 0.200 e. The van der Waals surface area contributed by atoms with Crippen LogP contribution < -0.4 is 0 Å². The van der Waals surface area contributed by atoms with Crippen molar-refractivity contribution in [3.8, 4) is 44.9 Å². The van der Waals surface area contributed by atoms with Crippen LogP contribution in [0.5, 0.6) is 0 Å². The Kier molecular flexibility index (Phi) is 7.07. The number of para-hydroxylation sites is 1. The Morgan fingerprint density at radius 1 is 0.469 bits per heavy atom. The number of aromatic nitrogens is 3. The number of hydrogen-bond donors (Lipinski definition) is 0. The summed E-state index contributed by atoms with van der Waals surface area (Å²) in [6, 6.07) is 33.3. The highest BCUT2D eigenvalue weighted by Gasteiger charge is 2.29. The summed E-state index contributed by atoms with van der Waals surface area (Å²) in [6.07, 6.45) is 0. The van der Waals surface area contributed by atoms with Gasteiger partial charge in [0, 0.05) is 27.5 Å². The summed E-state index contributed by atoms with van der Waals surface area (Å²) in [5.74, 6) is -10.3. The van der Waals surface area contributed by atoms with Crippen molar-refractivity contribution in [2.24, 2.45) is 0 Å². The molecule has 234 valence electrons. The van der Waals surface area contributed by atoms with Gasteiger partial charge in [-0.05, 0) is 23.1 Å². The summed E-state index contributed by atoms with van der Waals surface area (Å²) in [5, 5.41) is 1.40. The van der Waals surface area contributed by atoms with E-state index in [4.69, 9.17) is 21.5 Å². The molecule has 49 heavy (non-hydrogen) atoms. The van der Waals surface area contributed by atoms with Crippen molar-refractivity contribution in [2.75, 3.05) is 0 Å². The summed E-state index contributed by atoms with van der Waals surface area (Å²) in [5.41, 5.74) is 2.81. The Balaban J connectivity index is 1.58. The van der Waals surface area contributed by atoms with Gasteiger partial charge in [0.05, 0.1) is 45.8 Å². The van der Waals surface area contributed by atoms with Gasteiger partial charge in [0.2, 0.25) is 5.82 Å². The number of nitrogens with zero attached hydrogens (tertiary/aromatic N) is 4. The van der Waals surface area contributed by atoms with E-state index in [1.165, 1.54) is 18.2 Å². The molecule has 0 unspecified atom stereocenters. The molecule has 8 aromatic rings. The average Bonchev–Trinajstić information content (AvgIpc) is 3.16. The van der Waals surface area contributed by atoms with Gasteiger partial charge >= 0.3 is 0 Å². The Hall–Kier alpha value is -6.53. The number of halogens is 5. The van der Waals surface area contributed by atoms with Crippen molar-refractivity contribution in [1.82, 2.24) is 15.0 Å². The normalized spacial score (nSPS) is 11.3. The molecule has 2 heterocycles. The van der Waals surface area contributed by atoms with Gasteiger partial charge in [-0.1, -0.05) is 103 Å². The van der Waals surface area contributed by atoms with Gasteiger partial charge in [0.1, 0.15) is 0 Å². The SMILES string of the molecule is [C-]#[N+]c1cc2nc(-c3ccccc3)c(-c3ccccc3)nc2c2c(-c3ccccc3-c3c(F)c(F)c(F)c(F)c3F)nc3ccccc3c12. The number of benzene rings is 6. The number of fused-ring (bicyclic) bond motifs is 5. The van der Waals surface area contributed by atoms with E-state index < -0.39 is 34.6 Å². The molecule has 0 aliphatic carbocycles. The second kappa shape index (κ2) is 11.6. The molecule has 0 N–H and O–H groups in total. The topological polar surface area (TPSA) is 43.0 Å². The molecular weight excluding hydrogens is 631 g/mol. The summed E-state index contributed by atoms with van der Waals surface area (Å²) >= 11 is 0. The second-order valence-corrected chi connectivity index (χ2v) is 11.2. The first kappa shape index (κ1) is 29.8. The summed E-state index contributed by atoms with van der Waals surface area (Å²) in [7, 11) is 0. The van der Waals surface area contributed by atoms with Crippen molar-refractivity contribution in [1.29, 1.82) is 0 Å². The van der Waals surface area contributed by atoms with Crippen molar-refractivity contribution in [2.45, 2.75) is 0 Å². The Bertz CT molecular complexity index is 2640. The molecule has 0 radical (unpaired) electrons. The van der Waals surface area contributed by atoms with E-state index in [-0.39, 0.29) is 22.5 Å². The highest BCUT2D eigenvalue weighted by atomic mass is 19.2. The van der Waals surface area contributed by atoms with E-state index in [1.807, 2.05) is 60.7 Å². The molecule has 0 aliphatic heterocycles. The van der Waals surface area contributed by atoms with Crippen molar-refractivity contribution in [3.05, 3.63) is 156 Å². The molecule has 8 rings (SSSR count). The van der Waals surface area contributed by atoms with E-state index in [0.717, 1.165) is 11.1 Å². The number of pyridine rings is 1. The van der Waals surface area contributed by atoms with Gasteiger partial charge in [-0.3, -0.25) is 0 Å². The predicted molar refractivity (Wildman–Crippen MR) is 180 cm³/mol. The lowest BCUT2D eigenvalue weighted by Crippen LogP contribution is -2.05. The molecule has 6 aromatic carbocycles. The molecule has 2 aromatic heterocycles. The standard InChI is InChI=1S/C40H19F5N4/c1-46-27-20-28-40(49-38(22-14-6-3-7-15-22)37(48-28)21-12-4-2-5-13-21)31-29(27)25-18-10-11-19-26(25)47-39(31)24-17-9-8-16-23(24)30-32(41)34(43)36(45)35(44)33(30)42/h2-20H. The minimum Gasteiger partial charge on any atom is -0.247 e. The third kappa shape index (κ3) is 4.68. The smallest absolute Gasteiger partial charge is 0.200 e. The average molecular weight is 651 g/mol. The third-order valence-corrected chi connectivity index (χ3v) is 8.46. The van der Waals surface area contributed by atoms with Crippen LogP contribution in [-0.4, -0.2) is 15.0 Å². The van der Waals surface area contributed by atoms with Crippen LogP contribution >= 0.6 is 0 Å². The quantitative estimate of drug-likeness (QED) is 0.0626. The Morgan fingerprint density at radius 3 is 1.61 bits per heavy atom. The zero-order valence-corrected chi connectivity index (χ0v) is 25.1. The molecule has 0 spiro atoms. The van der Waals surface area contributed by atoms with Crippen LogP contribution in [-0.2, 0) is 0 Å². The van der Waals surface area contributed by atoms with Gasteiger partial charge in [0.25, 0.3) is 0 Å². The van der Waals surface area contributed by atoms with Crippen LogP contribution in [0.3, 0.4) is 0 Å². The number of hydrogen-bond acceptors (Lipinski definition) is 3. The first-order chi connectivity index (χ1) is 23.9. The first-order valence-corrected chi connectivity index (χ1v) is 15.0. The van der Waals surface area contributed by atoms with E-state index >= 15 is 8.78 Å². The molecule has 4 nitrogen and oxygen atoms in total. The monoisotopic (exact) mass is 650 g/mol. The van der Waals surface area contributed by atoms with Gasteiger partial charge < -0.3 is 0 Å². The molecule has 9 heteroatoms. The van der Waals surface area contributed by atoms with Crippen LogP contribution in [0.4, 0.5) is 27.6 Å². The van der Waals surface area contributed by atoms with Gasteiger partial charge in [-0.2, -0.15) is 0 Å². The predicted octanol–water partition coefficient (Wildman–Crippen LogP) is 11.2. The zero-order chi connectivity index (χ0) is 33.8. The maximum absolute atomic E-state index is 15.4. The van der Waals surface area contributed by atoms with E-state index in [0.29, 0.717) is 44.1 Å². The Morgan fingerprint density at radius 2 is 0.980 bits per heavy atom. The van der Waals surface area contributed by atoms with E-state index in [2.05, 4.69) is 4.85 Å². The molecular formula is C40H19F5N4. The minimum atomic E-state index is -2.25. The third-order valence-electron chi connectivity index (χ3n) is 8.46.